The van der Waals surface area contributed by atoms with Crippen molar-refractivity contribution in [1.29, 1.82) is 0 Å². The fourth-order valence-corrected chi connectivity index (χ4v) is 1.68. The molecule has 7 nitrogen and oxygen atoms in total. The van der Waals surface area contributed by atoms with Crippen molar-refractivity contribution in [3.8, 4) is 0 Å². The molecule has 0 heterocycles. The standard InChI is InChI=1S/C14H19N3O4/c1-9(12(15)18)16-14(21)17-11(13(19)20)8-7-10-5-3-2-4-6-10/h2-6,9,11H,7-8H2,1H3,(H2,15,18)(H,19,20)(H2,16,17,21)/t9?,11-/m0/s1. The molecule has 21 heavy (non-hydrogen) atoms. The Kier molecular flexibility index (Phi) is 6.19. The molecular weight excluding hydrogens is 274 g/mol. The van der Waals surface area contributed by atoms with Gasteiger partial charge in [-0.1, -0.05) is 30.3 Å². The van der Waals surface area contributed by atoms with Gasteiger partial charge in [-0.25, -0.2) is 9.59 Å². The number of hydrogen-bond donors (Lipinski definition) is 4. The first-order chi connectivity index (χ1) is 9.90. The number of carboxylic acids is 1. The third kappa shape index (κ3) is 5.94. The van der Waals surface area contributed by atoms with E-state index in [4.69, 9.17) is 10.8 Å². The molecule has 7 heteroatoms. The van der Waals surface area contributed by atoms with Crippen LogP contribution in [0.3, 0.4) is 0 Å². The normalized spacial score (nSPS) is 13.0. The molecule has 1 rings (SSSR count). The molecule has 5 N–H and O–H groups in total. The topological polar surface area (TPSA) is 122 Å². The van der Waals surface area contributed by atoms with Gasteiger partial charge in [-0.15, -0.1) is 0 Å². The van der Waals surface area contributed by atoms with Crippen LogP contribution in [0, 0.1) is 0 Å². The summed E-state index contributed by atoms with van der Waals surface area (Å²) in [5, 5.41) is 13.7. The van der Waals surface area contributed by atoms with Crippen LogP contribution in [-0.2, 0) is 16.0 Å². The summed E-state index contributed by atoms with van der Waals surface area (Å²) in [7, 11) is 0. The van der Waals surface area contributed by atoms with Crippen LogP contribution in [0.5, 0.6) is 0 Å². The van der Waals surface area contributed by atoms with Crippen LogP contribution in [0.1, 0.15) is 18.9 Å². The number of aliphatic carboxylic acids is 1. The third-order valence-corrected chi connectivity index (χ3v) is 2.94. The summed E-state index contributed by atoms with van der Waals surface area (Å²) in [6, 6.07) is 6.72. The first kappa shape index (κ1) is 16.5. The second-order valence-electron chi connectivity index (χ2n) is 4.66. The summed E-state index contributed by atoms with van der Waals surface area (Å²) >= 11 is 0. The zero-order valence-corrected chi connectivity index (χ0v) is 11.7. The number of carbonyl (C=O) groups is 3. The number of nitrogens with two attached hydrogens (primary N) is 1. The van der Waals surface area contributed by atoms with E-state index in [-0.39, 0.29) is 6.42 Å². The minimum Gasteiger partial charge on any atom is -0.480 e. The van der Waals surface area contributed by atoms with E-state index in [0.717, 1.165) is 5.56 Å². The Balaban J connectivity index is 2.52. The molecular formula is C14H19N3O4. The average Bonchev–Trinajstić information content (AvgIpc) is 2.44. The number of hydrogen-bond acceptors (Lipinski definition) is 3. The molecule has 1 aromatic rings. The largest absolute Gasteiger partial charge is 0.480 e. The number of benzene rings is 1. The van der Waals surface area contributed by atoms with Gasteiger partial charge in [-0.3, -0.25) is 4.79 Å². The van der Waals surface area contributed by atoms with Crippen LogP contribution in [0.2, 0.25) is 0 Å². The Morgan fingerprint density at radius 2 is 1.81 bits per heavy atom. The summed E-state index contributed by atoms with van der Waals surface area (Å²) in [5.74, 6) is -1.82. The number of primary amides is 1. The number of amides is 3. The van der Waals surface area contributed by atoms with Gasteiger partial charge in [0, 0.05) is 0 Å². The third-order valence-electron chi connectivity index (χ3n) is 2.94. The van der Waals surface area contributed by atoms with Crippen LogP contribution in [0.15, 0.2) is 30.3 Å². The molecule has 114 valence electrons. The number of aryl methyl sites for hydroxylation is 1. The second-order valence-corrected chi connectivity index (χ2v) is 4.66. The van der Waals surface area contributed by atoms with Gasteiger partial charge in [0.25, 0.3) is 0 Å². The SMILES string of the molecule is CC(NC(=O)N[C@@H](CCc1ccccc1)C(=O)O)C(N)=O. The fourth-order valence-electron chi connectivity index (χ4n) is 1.68. The van der Waals surface area contributed by atoms with E-state index >= 15 is 0 Å². The van der Waals surface area contributed by atoms with E-state index in [2.05, 4.69) is 10.6 Å². The van der Waals surface area contributed by atoms with Gasteiger partial charge in [0.05, 0.1) is 0 Å². The second kappa shape index (κ2) is 7.88. The molecule has 0 saturated heterocycles. The van der Waals surface area contributed by atoms with Gasteiger partial charge in [0.2, 0.25) is 5.91 Å². The van der Waals surface area contributed by atoms with Crippen molar-refractivity contribution in [1.82, 2.24) is 10.6 Å². The van der Waals surface area contributed by atoms with E-state index < -0.39 is 30.0 Å². The smallest absolute Gasteiger partial charge is 0.326 e. The Hall–Kier alpha value is -2.57. The van der Waals surface area contributed by atoms with E-state index in [1.807, 2.05) is 30.3 Å². The molecule has 0 aromatic heterocycles. The van der Waals surface area contributed by atoms with Gasteiger partial charge in [-0.2, -0.15) is 0 Å². The number of carboxylic acid groups (broad SMARTS) is 1. The Morgan fingerprint density at radius 3 is 2.33 bits per heavy atom. The molecule has 0 saturated carbocycles. The van der Waals surface area contributed by atoms with Crippen molar-refractivity contribution in [3.63, 3.8) is 0 Å². The van der Waals surface area contributed by atoms with Gasteiger partial charge >= 0.3 is 12.0 Å². The number of urea groups is 1. The fraction of sp³-hybridized carbons (Fsp3) is 0.357. The molecule has 0 bridgehead atoms. The van der Waals surface area contributed by atoms with Gasteiger partial charge < -0.3 is 21.5 Å². The quantitative estimate of drug-likeness (QED) is 0.575. The number of rotatable bonds is 7. The van der Waals surface area contributed by atoms with Crippen molar-refractivity contribution in [2.45, 2.75) is 31.8 Å². The van der Waals surface area contributed by atoms with Crippen LogP contribution in [0.25, 0.3) is 0 Å². The molecule has 1 unspecified atom stereocenters. The molecule has 3 amide bonds. The molecule has 0 aliphatic heterocycles. The van der Waals surface area contributed by atoms with Crippen molar-refractivity contribution in [3.05, 3.63) is 35.9 Å². The molecule has 0 radical (unpaired) electrons. The summed E-state index contributed by atoms with van der Waals surface area (Å²) in [4.78, 5) is 33.6. The lowest BCUT2D eigenvalue weighted by molar-refractivity contribution is -0.139. The predicted molar refractivity (Wildman–Crippen MR) is 76.5 cm³/mol. The first-order valence-electron chi connectivity index (χ1n) is 6.53. The lowest BCUT2D eigenvalue weighted by atomic mass is 10.1. The minimum absolute atomic E-state index is 0.248. The maximum atomic E-state index is 11.6. The van der Waals surface area contributed by atoms with Crippen LogP contribution >= 0.6 is 0 Å². The first-order valence-corrected chi connectivity index (χ1v) is 6.53. The van der Waals surface area contributed by atoms with E-state index in [9.17, 15) is 14.4 Å². The molecule has 0 spiro atoms. The molecule has 2 atom stereocenters. The Labute approximate surface area is 122 Å². The Morgan fingerprint density at radius 1 is 1.19 bits per heavy atom. The van der Waals surface area contributed by atoms with Crippen molar-refractivity contribution >= 4 is 17.9 Å². The van der Waals surface area contributed by atoms with E-state index in [1.165, 1.54) is 6.92 Å². The summed E-state index contributed by atoms with van der Waals surface area (Å²) < 4.78 is 0. The maximum absolute atomic E-state index is 11.6. The van der Waals surface area contributed by atoms with E-state index in [0.29, 0.717) is 6.42 Å². The van der Waals surface area contributed by atoms with Crippen molar-refractivity contribution in [2.24, 2.45) is 5.73 Å². The van der Waals surface area contributed by atoms with E-state index in [1.54, 1.807) is 0 Å². The zero-order chi connectivity index (χ0) is 15.8. The molecule has 0 aliphatic rings. The Bertz CT molecular complexity index is 504. The maximum Gasteiger partial charge on any atom is 0.326 e. The highest BCUT2D eigenvalue weighted by Crippen LogP contribution is 2.05. The van der Waals surface area contributed by atoms with Crippen LogP contribution in [-0.4, -0.2) is 35.1 Å². The highest BCUT2D eigenvalue weighted by atomic mass is 16.4. The van der Waals surface area contributed by atoms with Crippen LogP contribution < -0.4 is 16.4 Å². The highest BCUT2D eigenvalue weighted by molar-refractivity contribution is 5.87. The zero-order valence-electron chi connectivity index (χ0n) is 11.7. The van der Waals surface area contributed by atoms with Gasteiger partial charge in [0.1, 0.15) is 12.1 Å². The summed E-state index contributed by atoms with van der Waals surface area (Å²) in [5.41, 5.74) is 5.99. The number of carbonyl (C=O) groups excluding carboxylic acids is 2. The number of nitrogens with one attached hydrogen (secondary N) is 2. The molecule has 0 aliphatic carbocycles. The lowest BCUT2D eigenvalue weighted by Gasteiger charge is -2.17. The molecule has 1 aromatic carbocycles. The van der Waals surface area contributed by atoms with Crippen molar-refractivity contribution < 1.29 is 19.5 Å². The average molecular weight is 293 g/mol. The monoisotopic (exact) mass is 293 g/mol. The summed E-state index contributed by atoms with van der Waals surface area (Å²) in [6.45, 7) is 1.42. The minimum atomic E-state index is -1.13. The van der Waals surface area contributed by atoms with Crippen molar-refractivity contribution in [2.75, 3.05) is 0 Å². The summed E-state index contributed by atoms with van der Waals surface area (Å²) in [6.07, 6.45) is 0.765. The lowest BCUT2D eigenvalue weighted by Crippen LogP contribution is -2.51. The van der Waals surface area contributed by atoms with Gasteiger partial charge in [-0.05, 0) is 25.3 Å². The highest BCUT2D eigenvalue weighted by Gasteiger charge is 2.21. The predicted octanol–water partition coefficient (Wildman–Crippen LogP) is 0.245. The van der Waals surface area contributed by atoms with Gasteiger partial charge in [0.15, 0.2) is 0 Å². The van der Waals surface area contributed by atoms with Crippen LogP contribution in [0.4, 0.5) is 4.79 Å². The molecule has 0 fully saturated rings.